The molecule has 0 aliphatic rings. The van der Waals surface area contributed by atoms with E-state index in [1.54, 1.807) is 50.2 Å². The highest BCUT2D eigenvalue weighted by Crippen LogP contribution is 2.36. The molecule has 0 saturated heterocycles. The number of H-pyrrole nitrogens is 1. The summed E-state index contributed by atoms with van der Waals surface area (Å²) in [6.07, 6.45) is 0. The maximum Gasteiger partial charge on any atom is 0.295 e. The lowest BCUT2D eigenvalue weighted by Gasteiger charge is -2.14. The summed E-state index contributed by atoms with van der Waals surface area (Å²) in [5.41, 5.74) is 2.44. The summed E-state index contributed by atoms with van der Waals surface area (Å²) in [6.45, 7) is 3.10. The number of anilines is 4. The summed E-state index contributed by atoms with van der Waals surface area (Å²) in [7, 11) is 14.7. The number of aromatic nitrogens is 3. The van der Waals surface area contributed by atoms with E-state index in [4.69, 9.17) is 0 Å². The summed E-state index contributed by atoms with van der Waals surface area (Å²) < 4.78 is 140. The van der Waals surface area contributed by atoms with E-state index in [1.165, 1.54) is 36.4 Å². The Morgan fingerprint density at radius 2 is 0.744 bits per heavy atom. The number of aliphatic hydroxyl groups is 1. The number of hydrogen-bond acceptors (Lipinski definition) is 18. The smallest absolute Gasteiger partial charge is 0.295 e. The molecule has 0 bridgehead atoms. The maximum atomic E-state index is 12.2. The summed E-state index contributed by atoms with van der Waals surface area (Å²) >= 11 is 0. The Balaban J connectivity index is 0.000000835. The van der Waals surface area contributed by atoms with Gasteiger partial charge in [-0.2, -0.15) is 64.1 Å². The van der Waals surface area contributed by atoms with E-state index in [-0.39, 0.29) is 63.6 Å². The fraction of sp³-hybridized carbons (Fsp3) is 0.364. The number of nitrogens with one attached hydrogen (secondary N) is 3. The van der Waals surface area contributed by atoms with Crippen LogP contribution in [-0.4, -0.2) is 216 Å². The van der Waals surface area contributed by atoms with Crippen molar-refractivity contribution in [3.05, 3.63) is 114 Å². The Morgan fingerprint density at radius 3 is 1.02 bits per heavy atom. The predicted molar refractivity (Wildman–Crippen MR) is 334 cm³/mol. The number of quaternary nitrogens is 4. The lowest BCUT2D eigenvalue weighted by Crippen LogP contribution is -2.27. The average molecular weight is 1280 g/mol. The molecule has 0 fully saturated rings. The van der Waals surface area contributed by atoms with Gasteiger partial charge in [0.2, 0.25) is 11.9 Å². The first-order valence-electron chi connectivity index (χ1n) is 25.9. The number of azo groups is 2. The largest absolute Gasteiger partial charge is 0.394 e. The molecule has 0 radical (unpaired) electrons. The van der Waals surface area contributed by atoms with Crippen LogP contribution in [0, 0.1) is 13.8 Å². The summed E-state index contributed by atoms with van der Waals surface area (Å²) in [5.74, 6) is 0.306. The summed E-state index contributed by atoms with van der Waals surface area (Å²) in [6, 6.07) is 21.2. The van der Waals surface area contributed by atoms with Crippen molar-refractivity contribution in [2.45, 2.75) is 33.4 Å². The van der Waals surface area contributed by atoms with Crippen LogP contribution in [-0.2, 0) is 40.5 Å². The third-order valence-electron chi connectivity index (χ3n) is 9.40. The fourth-order valence-electron chi connectivity index (χ4n) is 6.53. The number of nitrogens with zero attached hydrogens (tertiary/aromatic N) is 11. The summed E-state index contributed by atoms with van der Waals surface area (Å²) in [5, 5.41) is 31.4. The molecule has 7 rings (SSSR count). The van der Waals surface area contributed by atoms with Crippen molar-refractivity contribution in [2.24, 2.45) is 25.4 Å². The van der Waals surface area contributed by atoms with Gasteiger partial charge >= 0.3 is 0 Å². The number of benzene rings is 6. The Morgan fingerprint density at radius 1 is 0.430 bits per heavy atom. The highest BCUT2D eigenvalue weighted by Gasteiger charge is 2.23. The molecule has 0 aliphatic carbocycles. The average Bonchev–Trinajstić information content (AvgIpc) is 1.16. The van der Waals surface area contributed by atoms with Gasteiger partial charge < -0.3 is 33.7 Å². The number of aryl methyl sites for hydroxylation is 2. The van der Waals surface area contributed by atoms with Crippen molar-refractivity contribution in [1.82, 2.24) is 15.0 Å². The van der Waals surface area contributed by atoms with Gasteiger partial charge in [0.05, 0.1) is 149 Å². The first kappa shape index (κ1) is 73.1. The van der Waals surface area contributed by atoms with Gasteiger partial charge in [0.1, 0.15) is 19.6 Å². The highest BCUT2D eigenvalue weighted by atomic mass is 32.2. The Hall–Kier alpha value is -7.11. The zero-order valence-corrected chi connectivity index (χ0v) is 55.0. The first-order valence-corrected chi connectivity index (χ1v) is 31.6. The van der Waals surface area contributed by atoms with Crippen LogP contribution in [0.25, 0.3) is 21.5 Å². The van der Waals surface area contributed by atoms with Crippen molar-refractivity contribution >= 4 is 108 Å². The molecule has 31 heteroatoms. The van der Waals surface area contributed by atoms with Crippen molar-refractivity contribution in [2.75, 3.05) is 137 Å². The van der Waals surface area contributed by atoms with Crippen LogP contribution in [0.1, 0.15) is 11.1 Å². The van der Waals surface area contributed by atoms with Gasteiger partial charge in [0.15, 0.2) is 0 Å². The van der Waals surface area contributed by atoms with Gasteiger partial charge in [-0.1, -0.05) is 24.3 Å². The lowest BCUT2D eigenvalue weighted by molar-refractivity contribution is -0.849. The molecule has 27 nitrogen and oxygen atoms in total. The predicted octanol–water partition coefficient (Wildman–Crippen LogP) is 8.22. The second-order valence-electron chi connectivity index (χ2n) is 24.8. The molecule has 86 heavy (non-hydrogen) atoms. The van der Waals surface area contributed by atoms with Gasteiger partial charge in [-0.25, -0.2) is 4.99 Å². The fourth-order valence-corrected chi connectivity index (χ4v) is 9.38. The minimum absolute atomic E-state index is 0.00862. The highest BCUT2D eigenvalue weighted by molar-refractivity contribution is 7.87. The Labute approximate surface area is 504 Å². The molecule has 0 spiro atoms. The van der Waals surface area contributed by atoms with E-state index >= 15 is 0 Å². The monoisotopic (exact) mass is 1270 g/mol. The molecule has 0 unspecified atom stereocenters. The third-order valence-corrected chi connectivity index (χ3v) is 13.0. The van der Waals surface area contributed by atoms with Crippen LogP contribution in [0.5, 0.6) is 0 Å². The van der Waals surface area contributed by atoms with Crippen LogP contribution in [0.4, 0.5) is 46.0 Å². The molecule has 0 aliphatic heterocycles. The van der Waals surface area contributed by atoms with Gasteiger partial charge in [0, 0.05) is 32.9 Å². The van der Waals surface area contributed by atoms with Crippen LogP contribution in [0.2, 0.25) is 0 Å². The van der Waals surface area contributed by atoms with Gasteiger partial charge in [0.25, 0.3) is 46.1 Å². The Kier molecular flexibility index (Phi) is 24.7. The number of rotatable bonds is 14. The van der Waals surface area contributed by atoms with Crippen molar-refractivity contribution in [1.29, 1.82) is 0 Å². The van der Waals surface area contributed by atoms with E-state index in [0.717, 1.165) is 42.2 Å². The second kappa shape index (κ2) is 29.1. The molecule has 1 aromatic heterocycles. The number of hydrogen-bond donors (Lipinski definition) is 8. The molecule has 0 amide bonds. The molecular formula is C55H82N14O13S4+4. The van der Waals surface area contributed by atoms with E-state index in [0.29, 0.717) is 33.9 Å². The number of aliphatic hydroxyl groups excluding tert-OH is 1. The number of fused-ring (bicyclic) bond motifs is 2. The molecule has 0 saturated carbocycles. The van der Waals surface area contributed by atoms with Crippen molar-refractivity contribution in [3.8, 4) is 0 Å². The van der Waals surface area contributed by atoms with Crippen molar-refractivity contribution in [3.63, 3.8) is 0 Å². The van der Waals surface area contributed by atoms with E-state index in [9.17, 15) is 57.0 Å². The third kappa shape index (κ3) is 26.7. The molecule has 6 aromatic carbocycles. The Bertz CT molecular complexity index is 3850. The van der Waals surface area contributed by atoms with Crippen LogP contribution in [0.3, 0.4) is 0 Å². The minimum atomic E-state index is -4.87. The van der Waals surface area contributed by atoms with Gasteiger partial charge in [-0.15, -0.1) is 0 Å². The zero-order chi connectivity index (χ0) is 65.8. The second-order valence-corrected chi connectivity index (χ2v) is 30.4. The van der Waals surface area contributed by atoms with Crippen LogP contribution in [0.15, 0.2) is 142 Å². The standard InChI is InChI=1S/C39H34N10O13S4.4C4H12N/c1-21-15-23(9-11-31(21)48-46-25-17-29-27(35(19-25)65(57,58)59)5-3-7-33(29)63(51,52)53)41-38-43-37(40-13-14-50)44-39(45-38)42-24-10-12-32(22(2)16-24)49-47-26-18-30-28(36(20-26)66(60,61)62)6-4-8-34(30)64(54,55)56;4*1-5(2,3)4/h3-12,15-20,50H,13-14H2,1-2H3,(H,51,52,53)(H,54,55,56)(H,57,58,59)(H,60,61,62)(H3,40,41,42,43,44,45);4*1-4H3/q;4*+1. The normalized spacial score (nSPS) is 12.5. The number of aromatic amines is 1. The van der Waals surface area contributed by atoms with E-state index in [1.807, 2.05) is 0 Å². The van der Waals surface area contributed by atoms with Gasteiger partial charge in [-0.3, -0.25) is 23.2 Å². The van der Waals surface area contributed by atoms with E-state index in [2.05, 4.69) is 164 Å². The van der Waals surface area contributed by atoms with Crippen molar-refractivity contribution < 1.29 is 74.9 Å². The molecule has 7 aromatic rings. The SMILES string of the molecule is C[N+](C)(C)C.C[N+](C)(C)C.C[N+](C)(C)C.C[N+](C)(C)C.Cc1cc(Nc2nc(=NCCO)nc(Nc3ccc(N=Nc4cc(S(=O)(=O)O)c5cccc(S(=O)(=O)O)c5c4)c(C)c3)[nH]2)ccc1N=Nc1cc(S(=O)(=O)O)c2cccc(S(=O)(=O)O)c2c1. The first-order chi connectivity index (χ1) is 39.0. The molecule has 1 heterocycles. The maximum absolute atomic E-state index is 12.2. The van der Waals surface area contributed by atoms with Gasteiger partial charge in [-0.05, 0) is 97.8 Å². The van der Waals surface area contributed by atoms with Crippen LogP contribution < -0.4 is 16.3 Å². The molecule has 470 valence electrons. The minimum Gasteiger partial charge on any atom is -0.394 e. The van der Waals surface area contributed by atoms with E-state index < -0.39 is 60.1 Å². The quantitative estimate of drug-likeness (QED) is 0.0289. The summed E-state index contributed by atoms with van der Waals surface area (Å²) in [4.78, 5) is 13.4. The lowest BCUT2D eigenvalue weighted by atomic mass is 10.1. The zero-order valence-electron chi connectivity index (χ0n) is 51.7. The molecule has 0 atom stereocenters. The topological polar surface area (TPSA) is 365 Å². The molecular weight excluding hydrogens is 1190 g/mol. The van der Waals surface area contributed by atoms with Crippen LogP contribution >= 0.6 is 0 Å². The molecule has 8 N–H and O–H groups in total.